The highest BCUT2D eigenvalue weighted by Crippen LogP contribution is 2.33. The van der Waals surface area contributed by atoms with Crippen LogP contribution in [0.5, 0.6) is 5.75 Å². The lowest BCUT2D eigenvalue weighted by Crippen LogP contribution is -2.36. The fourth-order valence-corrected chi connectivity index (χ4v) is 2.23. The summed E-state index contributed by atoms with van der Waals surface area (Å²) < 4.78 is 29.6. The van der Waals surface area contributed by atoms with Gasteiger partial charge in [-0.05, 0) is 26.0 Å². The molecule has 7 nitrogen and oxygen atoms in total. The van der Waals surface area contributed by atoms with Crippen molar-refractivity contribution in [2.45, 2.75) is 20.0 Å². The van der Waals surface area contributed by atoms with E-state index >= 15 is 0 Å². The number of hydrogen-bond donors (Lipinski definition) is 3. The molecule has 0 aliphatic rings. The normalized spacial score (nSPS) is 11.3. The maximum Gasteiger partial charge on any atom is 0.319 e. The summed E-state index contributed by atoms with van der Waals surface area (Å²) >= 11 is 6.06. The van der Waals surface area contributed by atoms with Gasteiger partial charge in [0.2, 0.25) is 10.0 Å². The maximum atomic E-state index is 11.8. The molecule has 0 fully saturated rings. The number of urea groups is 1. The first-order valence-electron chi connectivity index (χ1n) is 6.63. The van der Waals surface area contributed by atoms with Crippen molar-refractivity contribution < 1.29 is 17.9 Å². The molecule has 124 valence electrons. The molecule has 0 radical (unpaired) electrons. The number of nitrogens with one attached hydrogen (secondary N) is 3. The summed E-state index contributed by atoms with van der Waals surface area (Å²) in [6.45, 7) is 3.96. The van der Waals surface area contributed by atoms with Gasteiger partial charge in [-0.3, -0.25) is 0 Å². The molecule has 0 atom stereocenters. The third-order valence-corrected chi connectivity index (χ3v) is 3.37. The van der Waals surface area contributed by atoms with Crippen LogP contribution in [0.2, 0.25) is 5.02 Å². The predicted molar refractivity (Wildman–Crippen MR) is 87.1 cm³/mol. The second-order valence-corrected chi connectivity index (χ2v) is 7.07. The Balaban J connectivity index is 2.59. The summed E-state index contributed by atoms with van der Waals surface area (Å²) in [4.78, 5) is 11.8. The van der Waals surface area contributed by atoms with Gasteiger partial charge < -0.3 is 15.4 Å². The Labute approximate surface area is 135 Å². The maximum absolute atomic E-state index is 11.8. The fraction of sp³-hybridized carbons (Fsp3) is 0.462. The second kappa shape index (κ2) is 8.21. The minimum Gasteiger partial charge on any atom is -0.487 e. The van der Waals surface area contributed by atoms with Crippen molar-refractivity contribution in [1.29, 1.82) is 0 Å². The quantitative estimate of drug-likeness (QED) is 0.654. The number of sulfonamides is 1. The van der Waals surface area contributed by atoms with Gasteiger partial charge in [0.25, 0.3) is 0 Å². The van der Waals surface area contributed by atoms with Gasteiger partial charge in [0.05, 0.1) is 23.1 Å². The van der Waals surface area contributed by atoms with Crippen LogP contribution in [0.4, 0.5) is 10.5 Å². The third kappa shape index (κ3) is 6.97. The van der Waals surface area contributed by atoms with E-state index in [-0.39, 0.29) is 19.2 Å². The first kappa shape index (κ1) is 18.5. The highest BCUT2D eigenvalue weighted by molar-refractivity contribution is 7.88. The second-order valence-electron chi connectivity index (χ2n) is 4.83. The molecule has 3 N–H and O–H groups in total. The molecule has 1 aromatic carbocycles. The standard InChI is InChI=1S/C13H20ClN3O4S/c1-9(2)21-12-10(14)5-4-6-11(12)17-13(18)15-7-8-16-22(3,19)20/h4-6,9,16H,7-8H2,1-3H3,(H2,15,17,18). The molecular weight excluding hydrogens is 330 g/mol. The van der Waals surface area contributed by atoms with Crippen molar-refractivity contribution in [3.63, 3.8) is 0 Å². The Kier molecular flexibility index (Phi) is 6.92. The topological polar surface area (TPSA) is 96.5 Å². The van der Waals surface area contributed by atoms with Crippen molar-refractivity contribution in [2.75, 3.05) is 24.7 Å². The lowest BCUT2D eigenvalue weighted by Gasteiger charge is -2.16. The van der Waals surface area contributed by atoms with E-state index in [1.165, 1.54) is 0 Å². The number of carbonyl (C=O) groups excluding carboxylic acids is 1. The van der Waals surface area contributed by atoms with Crippen LogP contribution in [0.1, 0.15) is 13.8 Å². The number of amides is 2. The molecule has 0 aromatic heterocycles. The van der Waals surface area contributed by atoms with Crippen molar-refractivity contribution >= 4 is 33.3 Å². The number of anilines is 1. The summed E-state index contributed by atoms with van der Waals surface area (Å²) in [7, 11) is -3.27. The van der Waals surface area contributed by atoms with E-state index in [2.05, 4.69) is 15.4 Å². The number of rotatable bonds is 7. The highest BCUT2D eigenvalue weighted by atomic mass is 35.5. The molecule has 22 heavy (non-hydrogen) atoms. The molecular formula is C13H20ClN3O4S. The fourth-order valence-electron chi connectivity index (χ4n) is 1.54. The number of carbonyl (C=O) groups is 1. The van der Waals surface area contributed by atoms with Gasteiger partial charge in [0.1, 0.15) is 0 Å². The van der Waals surface area contributed by atoms with Crippen molar-refractivity contribution in [1.82, 2.24) is 10.0 Å². The van der Waals surface area contributed by atoms with Crippen molar-refractivity contribution in [3.8, 4) is 5.75 Å². The van der Waals surface area contributed by atoms with Crippen LogP contribution in [-0.4, -0.2) is 39.9 Å². The Bertz CT molecular complexity index is 620. The minimum absolute atomic E-state index is 0.0949. The zero-order valence-corrected chi connectivity index (χ0v) is 14.2. The van der Waals surface area contributed by atoms with Gasteiger partial charge in [-0.25, -0.2) is 17.9 Å². The molecule has 0 saturated heterocycles. The van der Waals surface area contributed by atoms with Crippen LogP contribution in [0.3, 0.4) is 0 Å². The molecule has 0 unspecified atom stereocenters. The average Bonchev–Trinajstić information content (AvgIpc) is 2.37. The first-order chi connectivity index (χ1) is 10.2. The van der Waals surface area contributed by atoms with Crippen molar-refractivity contribution in [2.24, 2.45) is 0 Å². The van der Waals surface area contributed by atoms with E-state index in [0.717, 1.165) is 6.26 Å². The highest BCUT2D eigenvalue weighted by Gasteiger charge is 2.12. The van der Waals surface area contributed by atoms with Crippen LogP contribution >= 0.6 is 11.6 Å². The van der Waals surface area contributed by atoms with Gasteiger partial charge in [-0.1, -0.05) is 17.7 Å². The lowest BCUT2D eigenvalue weighted by molar-refractivity contribution is 0.242. The Morgan fingerprint density at radius 2 is 2.00 bits per heavy atom. The summed E-state index contributed by atoms with van der Waals surface area (Å²) in [5.74, 6) is 0.392. The lowest BCUT2D eigenvalue weighted by atomic mass is 10.3. The largest absolute Gasteiger partial charge is 0.487 e. The smallest absolute Gasteiger partial charge is 0.319 e. The van der Waals surface area contributed by atoms with E-state index in [4.69, 9.17) is 16.3 Å². The number of benzene rings is 1. The molecule has 2 amide bonds. The number of halogens is 1. The monoisotopic (exact) mass is 349 g/mol. The van der Waals surface area contributed by atoms with E-state index in [9.17, 15) is 13.2 Å². The summed E-state index contributed by atoms with van der Waals surface area (Å²) in [5, 5.41) is 5.54. The van der Waals surface area contributed by atoms with Crippen LogP contribution < -0.4 is 20.1 Å². The molecule has 0 bridgehead atoms. The molecule has 1 aromatic rings. The number of ether oxygens (including phenoxy) is 1. The molecule has 0 aliphatic heterocycles. The summed E-state index contributed by atoms with van der Waals surface area (Å²) in [5.41, 5.74) is 0.440. The van der Waals surface area contributed by atoms with Gasteiger partial charge in [0, 0.05) is 13.1 Å². The van der Waals surface area contributed by atoms with Gasteiger partial charge >= 0.3 is 6.03 Å². The molecule has 9 heteroatoms. The Morgan fingerprint density at radius 1 is 1.32 bits per heavy atom. The van der Waals surface area contributed by atoms with Crippen LogP contribution in [0.15, 0.2) is 18.2 Å². The average molecular weight is 350 g/mol. The van der Waals surface area contributed by atoms with E-state index < -0.39 is 16.1 Å². The predicted octanol–water partition coefficient (Wildman–Crippen LogP) is 1.80. The van der Waals surface area contributed by atoms with Crippen LogP contribution in [0, 0.1) is 0 Å². The minimum atomic E-state index is -3.27. The number of hydrogen-bond acceptors (Lipinski definition) is 4. The van der Waals surface area contributed by atoms with E-state index in [1.54, 1.807) is 18.2 Å². The third-order valence-electron chi connectivity index (χ3n) is 2.34. The SMILES string of the molecule is CC(C)Oc1c(Cl)cccc1NC(=O)NCCNS(C)(=O)=O. The molecule has 0 heterocycles. The summed E-state index contributed by atoms with van der Waals surface area (Å²) in [6, 6.07) is 4.54. The van der Waals surface area contributed by atoms with Gasteiger partial charge in [-0.15, -0.1) is 0 Å². The molecule has 1 rings (SSSR count). The van der Waals surface area contributed by atoms with E-state index in [1.807, 2.05) is 13.8 Å². The first-order valence-corrected chi connectivity index (χ1v) is 8.90. The Morgan fingerprint density at radius 3 is 2.59 bits per heavy atom. The molecule has 0 saturated carbocycles. The van der Waals surface area contributed by atoms with Crippen molar-refractivity contribution in [3.05, 3.63) is 23.2 Å². The zero-order chi connectivity index (χ0) is 16.8. The van der Waals surface area contributed by atoms with Gasteiger partial charge in [-0.2, -0.15) is 0 Å². The van der Waals surface area contributed by atoms with E-state index in [0.29, 0.717) is 16.5 Å². The van der Waals surface area contributed by atoms with Crippen LogP contribution in [-0.2, 0) is 10.0 Å². The number of para-hydroxylation sites is 1. The molecule has 0 aliphatic carbocycles. The molecule has 0 spiro atoms. The van der Waals surface area contributed by atoms with Crippen LogP contribution in [0.25, 0.3) is 0 Å². The van der Waals surface area contributed by atoms with Gasteiger partial charge in [0.15, 0.2) is 5.75 Å². The Hall–Kier alpha value is -1.51. The zero-order valence-electron chi connectivity index (χ0n) is 12.6. The summed E-state index contributed by atoms with van der Waals surface area (Å²) in [6.07, 6.45) is 0.955.